The van der Waals surface area contributed by atoms with Gasteiger partial charge in [0.05, 0.1) is 6.54 Å². The molecule has 0 aliphatic carbocycles. The van der Waals surface area contributed by atoms with Crippen molar-refractivity contribution >= 4 is 12.0 Å². The van der Waals surface area contributed by atoms with E-state index in [0.29, 0.717) is 25.4 Å². The van der Waals surface area contributed by atoms with E-state index in [1.54, 1.807) is 0 Å². The van der Waals surface area contributed by atoms with E-state index in [-0.39, 0.29) is 18.6 Å². The van der Waals surface area contributed by atoms with Crippen molar-refractivity contribution < 1.29 is 14.3 Å². The number of rotatable bonds is 8. The molecule has 100 valence electrons. The summed E-state index contributed by atoms with van der Waals surface area (Å²) in [5, 5.41) is 5.18. The molecule has 2 amide bonds. The average Bonchev–Trinajstić information content (AvgIpc) is 2.25. The lowest BCUT2D eigenvalue weighted by Crippen LogP contribution is -2.37. The van der Waals surface area contributed by atoms with E-state index in [4.69, 9.17) is 4.74 Å². The third-order valence-corrected chi connectivity index (χ3v) is 2.28. The topological polar surface area (TPSA) is 67.4 Å². The van der Waals surface area contributed by atoms with Gasteiger partial charge in [-0.1, -0.05) is 26.7 Å². The quantitative estimate of drug-likeness (QED) is 0.504. The van der Waals surface area contributed by atoms with Crippen LogP contribution in [0.25, 0.3) is 0 Å². The molecule has 0 heterocycles. The highest BCUT2D eigenvalue weighted by Gasteiger charge is 2.09. The maximum Gasteiger partial charge on any atom is 0.314 e. The predicted octanol–water partition coefficient (Wildman–Crippen LogP) is 1.67. The Morgan fingerprint density at radius 1 is 1.24 bits per heavy atom. The van der Waals surface area contributed by atoms with E-state index in [2.05, 4.69) is 17.6 Å². The van der Waals surface area contributed by atoms with Gasteiger partial charge in [-0.25, -0.2) is 4.79 Å². The number of hydrogen-bond donors (Lipinski definition) is 2. The van der Waals surface area contributed by atoms with E-state index < -0.39 is 0 Å². The lowest BCUT2D eigenvalue weighted by atomic mass is 10.0. The average molecular weight is 244 g/mol. The van der Waals surface area contributed by atoms with E-state index in [1.165, 1.54) is 0 Å². The van der Waals surface area contributed by atoms with Crippen molar-refractivity contribution in [2.45, 2.75) is 40.0 Å². The Morgan fingerprint density at radius 3 is 2.53 bits per heavy atom. The molecule has 5 heteroatoms. The van der Waals surface area contributed by atoms with Crippen LogP contribution in [-0.4, -0.2) is 31.7 Å². The molecular weight excluding hydrogens is 220 g/mol. The normalized spacial score (nSPS) is 11.7. The highest BCUT2D eigenvalue weighted by atomic mass is 16.5. The van der Waals surface area contributed by atoms with Crippen LogP contribution in [0, 0.1) is 5.92 Å². The fourth-order valence-electron chi connectivity index (χ4n) is 1.49. The number of esters is 1. The maximum atomic E-state index is 11.3. The van der Waals surface area contributed by atoms with Crippen LogP contribution in [0.4, 0.5) is 4.79 Å². The zero-order valence-corrected chi connectivity index (χ0v) is 11.0. The van der Waals surface area contributed by atoms with Gasteiger partial charge in [-0.05, 0) is 12.8 Å². The molecule has 1 atom stereocenters. The molecule has 2 N–H and O–H groups in total. The minimum atomic E-state index is -0.233. The first-order valence-electron chi connectivity index (χ1n) is 6.27. The maximum absolute atomic E-state index is 11.3. The summed E-state index contributed by atoms with van der Waals surface area (Å²) in [7, 11) is 0. The lowest BCUT2D eigenvalue weighted by Gasteiger charge is -2.10. The number of ether oxygens (including phenoxy) is 1. The minimum absolute atomic E-state index is 0.191. The SMILES string of the molecule is CCC[C@H](C)CC(=O)OCCNC(=O)NCC. The van der Waals surface area contributed by atoms with Gasteiger partial charge < -0.3 is 15.4 Å². The first-order valence-corrected chi connectivity index (χ1v) is 6.27. The van der Waals surface area contributed by atoms with Crippen LogP contribution in [0.15, 0.2) is 0 Å². The molecule has 0 saturated carbocycles. The molecule has 5 nitrogen and oxygen atoms in total. The van der Waals surface area contributed by atoms with Crippen molar-refractivity contribution in [3.63, 3.8) is 0 Å². The Bertz CT molecular complexity index is 232. The second-order valence-electron chi connectivity index (χ2n) is 4.10. The van der Waals surface area contributed by atoms with E-state index >= 15 is 0 Å². The van der Waals surface area contributed by atoms with Gasteiger partial charge in [-0.15, -0.1) is 0 Å². The molecule has 0 saturated heterocycles. The molecule has 0 aromatic carbocycles. The molecule has 0 aliphatic heterocycles. The highest BCUT2D eigenvalue weighted by molar-refractivity contribution is 5.73. The summed E-state index contributed by atoms with van der Waals surface area (Å²) >= 11 is 0. The van der Waals surface area contributed by atoms with Gasteiger partial charge >= 0.3 is 12.0 Å². The number of carbonyl (C=O) groups excluding carboxylic acids is 2. The van der Waals surface area contributed by atoms with Crippen LogP contribution in [0.3, 0.4) is 0 Å². The molecule has 0 fully saturated rings. The summed E-state index contributed by atoms with van der Waals surface area (Å²) in [6.07, 6.45) is 2.56. The Morgan fingerprint density at radius 2 is 1.94 bits per heavy atom. The van der Waals surface area contributed by atoms with Crippen LogP contribution in [-0.2, 0) is 9.53 Å². The minimum Gasteiger partial charge on any atom is -0.464 e. The summed E-state index contributed by atoms with van der Waals surface area (Å²) < 4.78 is 5.01. The van der Waals surface area contributed by atoms with Crippen LogP contribution < -0.4 is 10.6 Å². The summed E-state index contributed by atoms with van der Waals surface area (Å²) in [6.45, 7) is 7.14. The van der Waals surface area contributed by atoms with Gasteiger partial charge in [-0.3, -0.25) is 4.79 Å². The van der Waals surface area contributed by atoms with Gasteiger partial charge in [0.15, 0.2) is 0 Å². The molecule has 17 heavy (non-hydrogen) atoms. The van der Waals surface area contributed by atoms with Gasteiger partial charge in [0.25, 0.3) is 0 Å². The second-order valence-corrected chi connectivity index (χ2v) is 4.10. The fourth-order valence-corrected chi connectivity index (χ4v) is 1.49. The van der Waals surface area contributed by atoms with Crippen LogP contribution >= 0.6 is 0 Å². The summed E-state index contributed by atoms with van der Waals surface area (Å²) in [5.41, 5.74) is 0. The third kappa shape index (κ3) is 9.66. The molecule has 0 spiro atoms. The highest BCUT2D eigenvalue weighted by Crippen LogP contribution is 2.10. The molecular formula is C12H24N2O3. The summed E-state index contributed by atoms with van der Waals surface area (Å²) in [4.78, 5) is 22.3. The summed E-state index contributed by atoms with van der Waals surface area (Å²) in [6, 6.07) is -0.233. The first kappa shape index (κ1) is 15.7. The molecule has 0 aromatic heterocycles. The molecule has 0 bridgehead atoms. The monoisotopic (exact) mass is 244 g/mol. The zero-order valence-electron chi connectivity index (χ0n) is 11.0. The number of amides is 2. The molecule has 0 radical (unpaired) electrons. The first-order chi connectivity index (χ1) is 8.10. The van der Waals surface area contributed by atoms with Crippen molar-refractivity contribution in [2.24, 2.45) is 5.92 Å². The second kappa shape index (κ2) is 9.93. The Balaban J connectivity index is 3.48. The molecule has 0 aromatic rings. The molecule has 0 unspecified atom stereocenters. The van der Waals surface area contributed by atoms with E-state index in [0.717, 1.165) is 12.8 Å². The molecule has 0 rings (SSSR count). The number of hydrogen-bond acceptors (Lipinski definition) is 3. The van der Waals surface area contributed by atoms with Crippen molar-refractivity contribution in [1.82, 2.24) is 10.6 Å². The molecule has 0 aliphatic rings. The van der Waals surface area contributed by atoms with E-state index in [1.807, 2.05) is 13.8 Å². The number of carbonyl (C=O) groups is 2. The van der Waals surface area contributed by atoms with Gasteiger partial charge in [0.1, 0.15) is 6.61 Å². The summed E-state index contributed by atoms with van der Waals surface area (Å²) in [5.74, 6) is 0.174. The standard InChI is InChI=1S/C12H24N2O3/c1-4-6-10(3)9-11(15)17-8-7-14-12(16)13-5-2/h10H,4-9H2,1-3H3,(H2,13,14,16)/t10-/m0/s1. The number of urea groups is 1. The number of nitrogens with one attached hydrogen (secondary N) is 2. The van der Waals surface area contributed by atoms with Crippen LogP contribution in [0.5, 0.6) is 0 Å². The van der Waals surface area contributed by atoms with Crippen LogP contribution in [0.2, 0.25) is 0 Å². The van der Waals surface area contributed by atoms with Gasteiger partial charge in [0, 0.05) is 13.0 Å². The Labute approximate surface area is 103 Å². The van der Waals surface area contributed by atoms with Gasteiger partial charge in [0.2, 0.25) is 0 Å². The smallest absolute Gasteiger partial charge is 0.314 e. The zero-order chi connectivity index (χ0) is 13.1. The fraction of sp³-hybridized carbons (Fsp3) is 0.833. The van der Waals surface area contributed by atoms with Crippen molar-refractivity contribution in [3.05, 3.63) is 0 Å². The Hall–Kier alpha value is -1.26. The van der Waals surface area contributed by atoms with E-state index in [9.17, 15) is 9.59 Å². The Kier molecular flexibility index (Phi) is 9.19. The largest absolute Gasteiger partial charge is 0.464 e. The van der Waals surface area contributed by atoms with Crippen molar-refractivity contribution in [2.75, 3.05) is 19.7 Å². The van der Waals surface area contributed by atoms with Crippen LogP contribution in [0.1, 0.15) is 40.0 Å². The predicted molar refractivity (Wildman–Crippen MR) is 66.7 cm³/mol. The van der Waals surface area contributed by atoms with Gasteiger partial charge in [-0.2, -0.15) is 0 Å². The van der Waals surface area contributed by atoms with Crippen molar-refractivity contribution in [1.29, 1.82) is 0 Å². The van der Waals surface area contributed by atoms with Crippen molar-refractivity contribution in [3.8, 4) is 0 Å². The lowest BCUT2D eigenvalue weighted by molar-refractivity contribution is -0.144. The third-order valence-electron chi connectivity index (χ3n) is 2.28.